The van der Waals surface area contributed by atoms with Gasteiger partial charge < -0.3 is 18.6 Å². The second kappa shape index (κ2) is 12.0. The molecule has 2 aromatic heterocycles. The molecule has 2 heterocycles. The summed E-state index contributed by atoms with van der Waals surface area (Å²) >= 11 is 12.3. The van der Waals surface area contributed by atoms with Gasteiger partial charge in [0, 0.05) is 29.3 Å². The van der Waals surface area contributed by atoms with Gasteiger partial charge in [-0.2, -0.15) is 0 Å². The molecule has 0 radical (unpaired) electrons. The first-order chi connectivity index (χ1) is 17.8. The highest BCUT2D eigenvalue weighted by Gasteiger charge is 2.27. The third-order valence-electron chi connectivity index (χ3n) is 5.64. The van der Waals surface area contributed by atoms with Gasteiger partial charge >= 0.3 is 0 Å². The van der Waals surface area contributed by atoms with Crippen molar-refractivity contribution < 1.29 is 22.4 Å². The molecule has 2 aromatic carbocycles. The topological polar surface area (TPSA) is 94.6 Å². The fourth-order valence-electron chi connectivity index (χ4n) is 3.86. The largest absolute Gasteiger partial charge is 0.467 e. The predicted octanol–water partition coefficient (Wildman–Crippen LogP) is 5.25. The zero-order valence-electron chi connectivity index (χ0n) is 20.0. The number of furan rings is 1. The average Bonchev–Trinajstić information content (AvgIpc) is 3.53. The molecule has 4 aromatic rings. The fourth-order valence-corrected chi connectivity index (χ4v) is 5.88. The van der Waals surface area contributed by atoms with Crippen LogP contribution in [0.15, 0.2) is 82.7 Å². The van der Waals surface area contributed by atoms with Crippen molar-refractivity contribution in [2.24, 2.45) is 0 Å². The number of amides is 1. The molecular weight excluding hydrogens is 537 g/mol. The van der Waals surface area contributed by atoms with E-state index in [0.717, 1.165) is 0 Å². The third-order valence-corrected chi connectivity index (χ3v) is 7.82. The molecule has 194 valence electrons. The minimum absolute atomic E-state index is 0.0738. The highest BCUT2D eigenvalue weighted by atomic mass is 35.5. The van der Waals surface area contributed by atoms with E-state index in [0.29, 0.717) is 32.6 Å². The fraction of sp³-hybridized carbons (Fsp3) is 0.231. The Bertz CT molecular complexity index is 1470. The van der Waals surface area contributed by atoms with Crippen molar-refractivity contribution in [2.75, 3.05) is 13.7 Å². The molecule has 0 aliphatic rings. The molecule has 0 bridgehead atoms. The molecule has 0 saturated heterocycles. The number of hydrogen-bond acceptors (Lipinski definition) is 6. The number of ether oxygens (including phenoxy) is 1. The van der Waals surface area contributed by atoms with Gasteiger partial charge in [0.2, 0.25) is 15.0 Å². The van der Waals surface area contributed by atoms with Crippen LogP contribution in [0.1, 0.15) is 27.4 Å². The number of methoxy groups -OCH3 is 1. The molecule has 4 rings (SSSR count). The van der Waals surface area contributed by atoms with Gasteiger partial charge in [-0.25, -0.2) is 13.4 Å². The second-order valence-corrected chi connectivity index (χ2v) is 11.0. The molecule has 37 heavy (non-hydrogen) atoms. The monoisotopic (exact) mass is 561 g/mol. The maximum Gasteiger partial charge on any atom is 0.254 e. The van der Waals surface area contributed by atoms with Gasteiger partial charge in [-0.1, -0.05) is 47.5 Å². The van der Waals surface area contributed by atoms with Gasteiger partial charge in [0.1, 0.15) is 5.76 Å². The summed E-state index contributed by atoms with van der Waals surface area (Å²) in [6, 6.07) is 16.9. The second-order valence-electron chi connectivity index (χ2n) is 8.28. The first kappa shape index (κ1) is 26.9. The molecule has 0 unspecified atom stereocenters. The van der Waals surface area contributed by atoms with Crippen LogP contribution in [0.5, 0.6) is 0 Å². The smallest absolute Gasteiger partial charge is 0.254 e. The summed E-state index contributed by atoms with van der Waals surface area (Å²) in [5, 5.41) is 0.674. The molecular formula is C26H25Cl2N3O5S. The number of nitrogens with zero attached hydrogens (tertiary/aromatic N) is 3. The highest BCUT2D eigenvalue weighted by molar-refractivity contribution is 7.90. The zero-order valence-corrected chi connectivity index (χ0v) is 22.3. The van der Waals surface area contributed by atoms with E-state index in [1.165, 1.54) is 19.6 Å². The van der Waals surface area contributed by atoms with E-state index in [1.807, 2.05) is 0 Å². The van der Waals surface area contributed by atoms with Crippen LogP contribution in [0.4, 0.5) is 0 Å². The summed E-state index contributed by atoms with van der Waals surface area (Å²) < 4.78 is 39.0. The Morgan fingerprint density at radius 1 is 1.08 bits per heavy atom. The normalized spacial score (nSPS) is 11.5. The molecule has 0 aliphatic carbocycles. The summed E-state index contributed by atoms with van der Waals surface area (Å²) in [7, 11) is -2.34. The number of aromatic nitrogens is 2. The molecule has 0 fully saturated rings. The first-order valence-corrected chi connectivity index (χ1v) is 13.8. The Labute approximate surface area is 225 Å². The van der Waals surface area contributed by atoms with Gasteiger partial charge in [-0.05, 0) is 42.0 Å². The van der Waals surface area contributed by atoms with Gasteiger partial charge in [0.05, 0.1) is 43.6 Å². The predicted molar refractivity (Wildman–Crippen MR) is 140 cm³/mol. The summed E-state index contributed by atoms with van der Waals surface area (Å²) in [6.45, 7) is 0.709. The number of sulfone groups is 1. The van der Waals surface area contributed by atoms with Gasteiger partial charge in [-0.3, -0.25) is 4.79 Å². The van der Waals surface area contributed by atoms with Gasteiger partial charge in [-0.15, -0.1) is 0 Å². The molecule has 11 heteroatoms. The molecule has 1 amide bonds. The lowest BCUT2D eigenvalue weighted by Crippen LogP contribution is -2.31. The number of carbonyl (C=O) groups excluding carboxylic acids is 1. The number of hydrogen-bond donors (Lipinski definition) is 0. The summed E-state index contributed by atoms with van der Waals surface area (Å²) in [6.07, 6.45) is 3.00. The summed E-state index contributed by atoms with van der Waals surface area (Å²) in [5.74, 6) is -0.0306. The highest BCUT2D eigenvalue weighted by Crippen LogP contribution is 2.24. The van der Waals surface area contributed by atoms with Crippen LogP contribution in [0, 0.1) is 0 Å². The Hall–Kier alpha value is -3.11. The number of benzene rings is 2. The molecule has 0 N–H and O–H groups in total. The molecule has 0 atom stereocenters. The van der Waals surface area contributed by atoms with Crippen LogP contribution in [-0.2, 0) is 40.0 Å². The first-order valence-electron chi connectivity index (χ1n) is 11.3. The molecule has 0 aliphatic heterocycles. The molecule has 0 spiro atoms. The van der Waals surface area contributed by atoms with Crippen LogP contribution in [0.2, 0.25) is 10.0 Å². The van der Waals surface area contributed by atoms with Gasteiger partial charge in [0.25, 0.3) is 5.91 Å². The summed E-state index contributed by atoms with van der Waals surface area (Å²) in [4.78, 5) is 19.3. The van der Waals surface area contributed by atoms with Gasteiger partial charge in [0.15, 0.2) is 0 Å². The van der Waals surface area contributed by atoms with E-state index in [9.17, 15) is 13.2 Å². The Morgan fingerprint density at radius 2 is 1.89 bits per heavy atom. The van der Waals surface area contributed by atoms with Crippen LogP contribution in [0.3, 0.4) is 0 Å². The zero-order chi connectivity index (χ0) is 26.4. The van der Waals surface area contributed by atoms with Crippen LogP contribution in [-0.4, -0.2) is 42.5 Å². The Balaban J connectivity index is 1.69. The minimum Gasteiger partial charge on any atom is -0.467 e. The van der Waals surface area contributed by atoms with E-state index in [2.05, 4.69) is 4.98 Å². The summed E-state index contributed by atoms with van der Waals surface area (Å²) in [5.41, 5.74) is 1.40. The van der Waals surface area contributed by atoms with Crippen LogP contribution in [0.25, 0.3) is 0 Å². The number of halogens is 2. The average molecular weight is 562 g/mol. The minimum atomic E-state index is -3.87. The molecule has 0 saturated carbocycles. The van der Waals surface area contributed by atoms with Crippen molar-refractivity contribution in [1.82, 2.24) is 14.5 Å². The van der Waals surface area contributed by atoms with Crippen molar-refractivity contribution in [3.05, 3.63) is 106 Å². The number of rotatable bonds is 11. The van der Waals surface area contributed by atoms with Crippen LogP contribution >= 0.6 is 23.2 Å². The lowest BCUT2D eigenvalue weighted by molar-refractivity contribution is 0.0712. The van der Waals surface area contributed by atoms with E-state index < -0.39 is 9.84 Å². The number of carbonyl (C=O) groups is 1. The maximum atomic E-state index is 13.5. The lowest BCUT2D eigenvalue weighted by atomic mass is 10.2. The SMILES string of the molecule is COCCn1c(CN(Cc2ccco2)C(=O)c2cccc(Cl)c2)cnc1S(=O)(=O)Cc1ccccc1Cl. The lowest BCUT2D eigenvalue weighted by Gasteiger charge is -2.23. The van der Waals surface area contributed by atoms with E-state index in [-0.39, 0.29) is 43.1 Å². The number of imidazole rings is 1. The van der Waals surface area contributed by atoms with E-state index in [4.69, 9.17) is 32.4 Å². The van der Waals surface area contributed by atoms with Crippen LogP contribution < -0.4 is 0 Å². The van der Waals surface area contributed by atoms with Crippen molar-refractivity contribution in [2.45, 2.75) is 30.5 Å². The maximum absolute atomic E-state index is 13.5. The quantitative estimate of drug-likeness (QED) is 0.248. The van der Waals surface area contributed by atoms with E-state index >= 15 is 0 Å². The Kier molecular flexibility index (Phi) is 8.71. The van der Waals surface area contributed by atoms with Crippen molar-refractivity contribution >= 4 is 38.9 Å². The third kappa shape index (κ3) is 6.61. The van der Waals surface area contributed by atoms with E-state index in [1.54, 1.807) is 70.1 Å². The Morgan fingerprint density at radius 3 is 2.59 bits per heavy atom. The van der Waals surface area contributed by atoms with Crippen molar-refractivity contribution in [3.8, 4) is 0 Å². The van der Waals surface area contributed by atoms with Crippen molar-refractivity contribution in [1.29, 1.82) is 0 Å². The standard InChI is InChI=1S/C26H25Cl2N3O5S/c1-35-13-11-31-22(15-29-26(31)37(33,34)18-20-6-2-3-10-24(20)28)16-30(17-23-9-5-12-36-23)25(32)19-7-4-8-21(27)14-19/h2-10,12,14-15H,11,13,16-18H2,1H3. The van der Waals surface area contributed by atoms with Crippen molar-refractivity contribution in [3.63, 3.8) is 0 Å². The molecule has 8 nitrogen and oxygen atoms in total.